The summed E-state index contributed by atoms with van der Waals surface area (Å²) in [5, 5.41) is 0. The summed E-state index contributed by atoms with van der Waals surface area (Å²) < 4.78 is 9.77. The molecule has 0 unspecified atom stereocenters. The van der Waals surface area contributed by atoms with Gasteiger partial charge in [-0.3, -0.25) is 0 Å². The second kappa shape index (κ2) is 7.07. The Balaban J connectivity index is 2.47. The largest absolute Gasteiger partial charge is 0.465 e. The van der Waals surface area contributed by atoms with Gasteiger partial charge in [0.2, 0.25) is 0 Å². The highest BCUT2D eigenvalue weighted by atomic mass is 32.2. The van der Waals surface area contributed by atoms with Crippen molar-refractivity contribution in [1.82, 2.24) is 0 Å². The molecule has 5 heteroatoms. The van der Waals surface area contributed by atoms with Crippen LogP contribution in [-0.2, 0) is 19.1 Å². The molecule has 0 atom stereocenters. The maximum Gasteiger partial charge on any atom is 0.351 e. The summed E-state index contributed by atoms with van der Waals surface area (Å²) in [6, 6.07) is 15.6. The number of hydrogen-bond donors (Lipinski definition) is 0. The van der Waals surface area contributed by atoms with Gasteiger partial charge in [-0.25, -0.2) is 9.59 Å². The SMILES string of the molecule is CC=C1c2ccccc2S(=C(C(=O)OC)C(=O)OC)c2ccccc21. The van der Waals surface area contributed by atoms with Gasteiger partial charge in [0, 0.05) is 9.79 Å². The highest BCUT2D eigenvalue weighted by Crippen LogP contribution is 2.50. The van der Waals surface area contributed by atoms with Crippen LogP contribution in [-0.4, -0.2) is 31.0 Å². The van der Waals surface area contributed by atoms with Crippen LogP contribution in [0, 0.1) is 0 Å². The van der Waals surface area contributed by atoms with Crippen molar-refractivity contribution in [3.63, 3.8) is 0 Å². The molecule has 4 nitrogen and oxygen atoms in total. The summed E-state index contributed by atoms with van der Waals surface area (Å²) in [5.41, 5.74) is 3.11. The number of rotatable bonds is 2. The van der Waals surface area contributed by atoms with Crippen molar-refractivity contribution in [2.24, 2.45) is 0 Å². The van der Waals surface area contributed by atoms with Gasteiger partial charge in [0.25, 0.3) is 0 Å². The molecular weight excluding hydrogens is 336 g/mol. The lowest BCUT2D eigenvalue weighted by Gasteiger charge is -2.27. The predicted molar refractivity (Wildman–Crippen MR) is 98.8 cm³/mol. The average molecular weight is 354 g/mol. The monoisotopic (exact) mass is 354 g/mol. The van der Waals surface area contributed by atoms with Crippen LogP contribution in [0.1, 0.15) is 18.1 Å². The van der Waals surface area contributed by atoms with E-state index in [9.17, 15) is 9.59 Å². The third-order valence-corrected chi connectivity index (χ3v) is 6.36. The zero-order chi connectivity index (χ0) is 18.0. The predicted octanol–water partition coefficient (Wildman–Crippen LogP) is 3.66. The molecule has 128 valence electrons. The van der Waals surface area contributed by atoms with Crippen molar-refractivity contribution in [2.75, 3.05) is 14.2 Å². The molecular formula is C20H18O4S. The lowest BCUT2D eigenvalue weighted by Crippen LogP contribution is -2.27. The van der Waals surface area contributed by atoms with Crippen molar-refractivity contribution < 1.29 is 19.1 Å². The molecule has 1 heterocycles. The lowest BCUT2D eigenvalue weighted by molar-refractivity contribution is -0.137. The molecule has 0 N–H and O–H groups in total. The number of benzene rings is 2. The van der Waals surface area contributed by atoms with Gasteiger partial charge in [-0.05, 0) is 35.8 Å². The Morgan fingerprint density at radius 2 is 1.28 bits per heavy atom. The van der Waals surface area contributed by atoms with Crippen molar-refractivity contribution in [3.8, 4) is 0 Å². The van der Waals surface area contributed by atoms with Crippen LogP contribution in [0.3, 0.4) is 0 Å². The summed E-state index contributed by atoms with van der Waals surface area (Å²) in [7, 11) is 1.66. The zero-order valence-electron chi connectivity index (χ0n) is 14.2. The number of allylic oxidation sites excluding steroid dienone is 1. The van der Waals surface area contributed by atoms with E-state index in [0.29, 0.717) is 0 Å². The van der Waals surface area contributed by atoms with Crippen molar-refractivity contribution in [2.45, 2.75) is 16.7 Å². The van der Waals surface area contributed by atoms with E-state index in [0.717, 1.165) is 26.5 Å². The molecule has 0 aliphatic carbocycles. The number of carbonyl (C=O) groups excluding carboxylic acids is 2. The molecule has 2 aromatic carbocycles. The summed E-state index contributed by atoms with van der Waals surface area (Å²) in [5.74, 6) is -1.33. The van der Waals surface area contributed by atoms with Gasteiger partial charge in [0.1, 0.15) is 0 Å². The normalized spacial score (nSPS) is 14.8. The summed E-state index contributed by atoms with van der Waals surface area (Å²) in [6.45, 7) is 1.98. The van der Waals surface area contributed by atoms with Gasteiger partial charge in [0.15, 0.2) is 4.86 Å². The molecule has 1 aliphatic heterocycles. The van der Waals surface area contributed by atoms with E-state index in [1.165, 1.54) is 14.2 Å². The summed E-state index contributed by atoms with van der Waals surface area (Å²) in [6.07, 6.45) is 2.05. The number of carbonyl (C=O) groups is 2. The van der Waals surface area contributed by atoms with Crippen LogP contribution in [0.5, 0.6) is 0 Å². The van der Waals surface area contributed by atoms with E-state index in [-0.39, 0.29) is 4.86 Å². The third-order valence-electron chi connectivity index (χ3n) is 4.03. The maximum atomic E-state index is 12.4. The molecule has 0 aromatic heterocycles. The third kappa shape index (κ3) is 2.81. The molecule has 0 saturated heterocycles. The second-order valence-electron chi connectivity index (χ2n) is 5.31. The highest BCUT2D eigenvalue weighted by molar-refractivity contribution is 8.18. The Kier molecular flexibility index (Phi) is 4.86. The van der Waals surface area contributed by atoms with Crippen LogP contribution in [0.2, 0.25) is 0 Å². The van der Waals surface area contributed by atoms with Gasteiger partial charge in [-0.1, -0.05) is 42.5 Å². The van der Waals surface area contributed by atoms with Crippen LogP contribution in [0.15, 0.2) is 64.4 Å². The fraction of sp³-hybridized carbons (Fsp3) is 0.150. The number of esters is 2. The average Bonchev–Trinajstić information content (AvgIpc) is 2.67. The Morgan fingerprint density at radius 1 is 0.840 bits per heavy atom. The summed E-state index contributed by atoms with van der Waals surface area (Å²) in [4.78, 5) is 26.7. The van der Waals surface area contributed by atoms with E-state index in [4.69, 9.17) is 9.47 Å². The molecule has 3 rings (SSSR count). The van der Waals surface area contributed by atoms with Crippen LogP contribution in [0.25, 0.3) is 5.57 Å². The quantitative estimate of drug-likeness (QED) is 0.400. The Morgan fingerprint density at radius 3 is 1.68 bits per heavy atom. The zero-order valence-corrected chi connectivity index (χ0v) is 15.1. The number of ether oxygens (including phenoxy) is 2. The minimum Gasteiger partial charge on any atom is -0.465 e. The second-order valence-corrected chi connectivity index (χ2v) is 7.21. The van der Waals surface area contributed by atoms with Crippen molar-refractivity contribution in [3.05, 3.63) is 65.7 Å². The molecule has 0 bridgehead atoms. The first-order valence-corrected chi connectivity index (χ1v) is 8.99. The fourth-order valence-corrected chi connectivity index (χ4v) is 5.37. The molecule has 0 spiro atoms. The topological polar surface area (TPSA) is 52.6 Å². The van der Waals surface area contributed by atoms with E-state index >= 15 is 0 Å². The smallest absolute Gasteiger partial charge is 0.351 e. The van der Waals surface area contributed by atoms with Gasteiger partial charge >= 0.3 is 11.9 Å². The lowest BCUT2D eigenvalue weighted by atomic mass is 9.97. The Hall–Kier alpha value is -2.66. The van der Waals surface area contributed by atoms with Gasteiger partial charge in [-0.2, -0.15) is 0 Å². The molecule has 0 radical (unpaired) electrons. The molecule has 25 heavy (non-hydrogen) atoms. The number of methoxy groups -OCH3 is 2. The first-order chi connectivity index (χ1) is 12.1. The first kappa shape index (κ1) is 17.2. The van der Waals surface area contributed by atoms with Crippen molar-refractivity contribution >= 4 is 32.9 Å². The van der Waals surface area contributed by atoms with Crippen molar-refractivity contribution in [1.29, 1.82) is 0 Å². The van der Waals surface area contributed by atoms with Crippen LogP contribution < -0.4 is 0 Å². The van der Waals surface area contributed by atoms with Crippen LogP contribution >= 0.6 is 10.5 Å². The Labute approximate surface area is 149 Å². The standard InChI is InChI=1S/C20H18O4S/c1-4-13-14-9-5-7-11-16(14)25(17-12-8-6-10-15(13)17)18(19(21)23-2)20(22)24-3/h4-12H,1-3H3. The van der Waals surface area contributed by atoms with E-state index in [2.05, 4.69) is 0 Å². The van der Waals surface area contributed by atoms with E-state index in [1.807, 2.05) is 61.5 Å². The highest BCUT2D eigenvalue weighted by Gasteiger charge is 2.31. The van der Waals surface area contributed by atoms with Gasteiger partial charge in [0.05, 0.1) is 14.2 Å². The van der Waals surface area contributed by atoms with E-state index in [1.54, 1.807) is 0 Å². The molecule has 0 fully saturated rings. The molecule has 0 saturated carbocycles. The minimum atomic E-state index is -0.888. The Bertz CT molecular complexity index is 855. The minimum absolute atomic E-state index is 0.0139. The molecule has 0 amide bonds. The fourth-order valence-electron chi connectivity index (χ4n) is 2.96. The number of fused-ring (bicyclic) bond motifs is 2. The molecule has 1 aliphatic rings. The van der Waals surface area contributed by atoms with Crippen LogP contribution in [0.4, 0.5) is 0 Å². The summed E-state index contributed by atoms with van der Waals surface area (Å²) >= 11 is 0. The molecule has 2 aromatic rings. The van der Waals surface area contributed by atoms with Gasteiger partial charge in [-0.15, -0.1) is 10.5 Å². The number of hydrogen-bond acceptors (Lipinski definition) is 4. The first-order valence-electron chi connectivity index (χ1n) is 7.77. The van der Waals surface area contributed by atoms with E-state index < -0.39 is 22.4 Å². The maximum absolute atomic E-state index is 12.4. The van der Waals surface area contributed by atoms with Gasteiger partial charge < -0.3 is 9.47 Å².